The fourth-order valence-corrected chi connectivity index (χ4v) is 6.10. The monoisotopic (exact) mass is 499 g/mol. The maximum Gasteiger partial charge on any atom is 0.242 e. The Kier molecular flexibility index (Phi) is 7.11. The minimum atomic E-state index is -3.61. The average molecular weight is 500 g/mol. The van der Waals surface area contributed by atoms with E-state index in [0.717, 1.165) is 36.1 Å². The first-order valence-corrected chi connectivity index (χ1v) is 13.5. The lowest BCUT2D eigenvalue weighted by atomic mass is 10.1. The minimum Gasteiger partial charge on any atom is -0.355 e. The largest absolute Gasteiger partial charge is 0.355 e. The second-order valence-electron chi connectivity index (χ2n) is 8.59. The Morgan fingerprint density at radius 1 is 1.06 bits per heavy atom. The summed E-state index contributed by atoms with van der Waals surface area (Å²) in [7, 11) is -0.595. The zero-order valence-electron chi connectivity index (χ0n) is 19.8. The number of nitrogens with zero attached hydrogens (tertiary/aromatic N) is 4. The summed E-state index contributed by atoms with van der Waals surface area (Å²) >= 11 is 1.41. The SMILES string of the molecule is Cc1cccc(C)c1-n1c(SC2CCCCNC2=O)nnc1-c1cccc(S(=O)(=O)N(C)C)c1. The summed E-state index contributed by atoms with van der Waals surface area (Å²) in [5.74, 6) is 0.545. The van der Waals surface area contributed by atoms with Crippen molar-refractivity contribution in [1.29, 1.82) is 0 Å². The van der Waals surface area contributed by atoms with Gasteiger partial charge in [0.05, 0.1) is 15.8 Å². The quantitative estimate of drug-likeness (QED) is 0.557. The number of amides is 1. The van der Waals surface area contributed by atoms with E-state index in [9.17, 15) is 13.2 Å². The van der Waals surface area contributed by atoms with Gasteiger partial charge in [0.2, 0.25) is 15.9 Å². The number of carbonyl (C=O) groups is 1. The van der Waals surface area contributed by atoms with Gasteiger partial charge in [0, 0.05) is 26.2 Å². The number of hydrogen-bond acceptors (Lipinski definition) is 6. The van der Waals surface area contributed by atoms with Gasteiger partial charge in [-0.15, -0.1) is 10.2 Å². The van der Waals surface area contributed by atoms with Crippen molar-refractivity contribution in [2.45, 2.75) is 48.4 Å². The molecule has 0 bridgehead atoms. The third-order valence-electron chi connectivity index (χ3n) is 5.90. The summed E-state index contributed by atoms with van der Waals surface area (Å²) in [5, 5.41) is 12.3. The minimum absolute atomic E-state index is 0.0131. The zero-order chi connectivity index (χ0) is 24.5. The van der Waals surface area contributed by atoms with E-state index in [0.29, 0.717) is 23.1 Å². The van der Waals surface area contributed by atoms with Crippen molar-refractivity contribution in [2.75, 3.05) is 20.6 Å². The first-order chi connectivity index (χ1) is 16.2. The van der Waals surface area contributed by atoms with Gasteiger partial charge in [-0.3, -0.25) is 9.36 Å². The van der Waals surface area contributed by atoms with Crippen molar-refractivity contribution in [2.24, 2.45) is 0 Å². The molecule has 1 fully saturated rings. The summed E-state index contributed by atoms with van der Waals surface area (Å²) in [6.45, 7) is 4.73. The molecule has 180 valence electrons. The molecule has 10 heteroatoms. The lowest BCUT2D eigenvalue weighted by Crippen LogP contribution is -2.30. The molecule has 3 aromatic rings. The Hall–Kier alpha value is -2.69. The van der Waals surface area contributed by atoms with E-state index in [1.54, 1.807) is 18.2 Å². The highest BCUT2D eigenvalue weighted by molar-refractivity contribution is 8.00. The fourth-order valence-electron chi connectivity index (χ4n) is 4.05. The molecule has 0 aliphatic carbocycles. The zero-order valence-corrected chi connectivity index (χ0v) is 21.4. The van der Waals surface area contributed by atoms with E-state index in [2.05, 4.69) is 15.5 Å². The van der Waals surface area contributed by atoms with Crippen molar-refractivity contribution in [3.8, 4) is 17.1 Å². The van der Waals surface area contributed by atoms with Crippen LogP contribution in [0.25, 0.3) is 17.1 Å². The molecule has 1 N–H and O–H groups in total. The van der Waals surface area contributed by atoms with Gasteiger partial charge in [-0.05, 0) is 49.9 Å². The fraction of sp³-hybridized carbons (Fsp3) is 0.375. The second kappa shape index (κ2) is 9.89. The molecule has 1 aliphatic heterocycles. The van der Waals surface area contributed by atoms with Gasteiger partial charge in [-0.1, -0.05) is 48.5 Å². The second-order valence-corrected chi connectivity index (χ2v) is 11.9. The predicted molar refractivity (Wildman–Crippen MR) is 134 cm³/mol. The Morgan fingerprint density at radius 2 is 1.76 bits per heavy atom. The first kappa shape index (κ1) is 24.4. The molecule has 34 heavy (non-hydrogen) atoms. The molecule has 1 saturated heterocycles. The topological polar surface area (TPSA) is 97.2 Å². The van der Waals surface area contributed by atoms with Gasteiger partial charge >= 0.3 is 0 Å². The molecule has 1 aliphatic rings. The maximum absolute atomic E-state index is 12.7. The van der Waals surface area contributed by atoms with Crippen molar-refractivity contribution in [3.05, 3.63) is 53.6 Å². The highest BCUT2D eigenvalue weighted by atomic mass is 32.2. The predicted octanol–water partition coefficient (Wildman–Crippen LogP) is 3.56. The molecule has 0 radical (unpaired) electrons. The van der Waals surface area contributed by atoms with Crippen LogP contribution in [-0.4, -0.2) is 59.3 Å². The van der Waals surface area contributed by atoms with E-state index < -0.39 is 10.0 Å². The smallest absolute Gasteiger partial charge is 0.242 e. The molecular weight excluding hydrogens is 470 g/mol. The highest BCUT2D eigenvalue weighted by Gasteiger charge is 2.27. The maximum atomic E-state index is 12.7. The van der Waals surface area contributed by atoms with Crippen LogP contribution < -0.4 is 5.32 Å². The average Bonchev–Trinajstić information content (AvgIpc) is 3.09. The molecule has 1 aromatic heterocycles. The van der Waals surface area contributed by atoms with Crippen LogP contribution in [0.15, 0.2) is 52.5 Å². The van der Waals surface area contributed by atoms with Crippen LogP contribution in [0.3, 0.4) is 0 Å². The summed E-state index contributed by atoms with van der Waals surface area (Å²) in [6.07, 6.45) is 2.69. The summed E-state index contributed by atoms with van der Waals surface area (Å²) in [5.41, 5.74) is 3.63. The molecule has 0 spiro atoms. The molecule has 2 heterocycles. The van der Waals surface area contributed by atoms with Crippen LogP contribution in [0.1, 0.15) is 30.4 Å². The number of benzene rings is 2. The summed E-state index contributed by atoms with van der Waals surface area (Å²) < 4.78 is 28.6. The van der Waals surface area contributed by atoms with E-state index in [4.69, 9.17) is 0 Å². The Bertz CT molecular complexity index is 1300. The van der Waals surface area contributed by atoms with E-state index in [1.807, 2.05) is 42.7 Å². The third kappa shape index (κ3) is 4.75. The van der Waals surface area contributed by atoms with E-state index >= 15 is 0 Å². The van der Waals surface area contributed by atoms with Crippen LogP contribution in [0, 0.1) is 13.8 Å². The molecule has 0 saturated carbocycles. The number of aryl methyl sites for hydroxylation is 2. The number of nitrogens with one attached hydrogen (secondary N) is 1. The van der Waals surface area contributed by atoms with Crippen LogP contribution in [0.5, 0.6) is 0 Å². The normalized spacial score (nSPS) is 17.0. The molecule has 2 aromatic carbocycles. The van der Waals surface area contributed by atoms with Crippen molar-refractivity contribution in [3.63, 3.8) is 0 Å². The summed E-state index contributed by atoms with van der Waals surface area (Å²) in [4.78, 5) is 12.8. The lowest BCUT2D eigenvalue weighted by molar-refractivity contribution is -0.120. The number of hydrogen-bond donors (Lipinski definition) is 1. The van der Waals surface area contributed by atoms with Crippen LogP contribution >= 0.6 is 11.8 Å². The first-order valence-electron chi connectivity index (χ1n) is 11.2. The number of sulfonamides is 1. The Morgan fingerprint density at radius 3 is 2.47 bits per heavy atom. The van der Waals surface area contributed by atoms with Crippen LogP contribution in [0.2, 0.25) is 0 Å². The number of carbonyl (C=O) groups excluding carboxylic acids is 1. The molecular formula is C24H29N5O3S2. The molecule has 1 unspecified atom stereocenters. The lowest BCUT2D eigenvalue weighted by Gasteiger charge is -2.18. The Labute approximate surface area is 204 Å². The number of rotatable bonds is 6. The van der Waals surface area contributed by atoms with Gasteiger partial charge < -0.3 is 5.32 Å². The van der Waals surface area contributed by atoms with Gasteiger partial charge in [-0.25, -0.2) is 12.7 Å². The summed E-state index contributed by atoms with van der Waals surface area (Å²) in [6, 6.07) is 12.8. The molecule has 1 atom stereocenters. The van der Waals surface area contributed by atoms with Crippen molar-refractivity contribution in [1.82, 2.24) is 24.4 Å². The van der Waals surface area contributed by atoms with E-state index in [-0.39, 0.29) is 16.1 Å². The molecule has 4 rings (SSSR count). The van der Waals surface area contributed by atoms with Crippen LogP contribution in [0.4, 0.5) is 0 Å². The van der Waals surface area contributed by atoms with Crippen LogP contribution in [-0.2, 0) is 14.8 Å². The molecule has 8 nitrogen and oxygen atoms in total. The van der Waals surface area contributed by atoms with E-state index in [1.165, 1.54) is 30.2 Å². The number of thioether (sulfide) groups is 1. The standard InChI is InChI=1S/C24H29N5O3S2/c1-16-9-7-10-17(2)21(16)29-22(18-11-8-12-19(15-18)34(31,32)28(3)4)26-27-24(29)33-20-13-5-6-14-25-23(20)30/h7-12,15,20H,5-6,13-14H2,1-4H3,(H,25,30). The number of para-hydroxylation sites is 1. The van der Waals surface area contributed by atoms with Crippen molar-refractivity contribution >= 4 is 27.7 Å². The van der Waals surface area contributed by atoms with Crippen molar-refractivity contribution < 1.29 is 13.2 Å². The van der Waals surface area contributed by atoms with Gasteiger partial charge in [0.15, 0.2) is 11.0 Å². The highest BCUT2D eigenvalue weighted by Crippen LogP contribution is 2.35. The molecule has 1 amide bonds. The Balaban J connectivity index is 1.87. The number of aromatic nitrogens is 3. The third-order valence-corrected chi connectivity index (χ3v) is 8.92. The van der Waals surface area contributed by atoms with Gasteiger partial charge in [0.25, 0.3) is 0 Å². The van der Waals surface area contributed by atoms with Gasteiger partial charge in [0.1, 0.15) is 0 Å². The van der Waals surface area contributed by atoms with Gasteiger partial charge in [-0.2, -0.15) is 0 Å².